The van der Waals surface area contributed by atoms with Crippen molar-refractivity contribution in [2.24, 2.45) is 0 Å². The minimum Gasteiger partial charge on any atom is -0.338 e. The molecule has 0 amide bonds. The van der Waals surface area contributed by atoms with Crippen LogP contribution in [0.2, 0.25) is 0 Å². The number of hydrogen-bond donors (Lipinski definition) is 0. The van der Waals surface area contributed by atoms with Crippen molar-refractivity contribution in [1.29, 1.82) is 0 Å². The first-order valence-electron chi connectivity index (χ1n) is 5.54. The van der Waals surface area contributed by atoms with E-state index >= 15 is 0 Å². The number of aromatic nitrogens is 2. The number of rotatable bonds is 5. The molecule has 0 bridgehead atoms. The standard InChI is InChI=1S/C12H12BrFN2OS/c1-2-10(13)12-15-11(16-17-12)7-18-9-5-3-8(14)4-6-9/h3-6,10H,2,7H2,1H3. The van der Waals surface area contributed by atoms with Crippen molar-refractivity contribution in [3.8, 4) is 0 Å². The Labute approximate surface area is 117 Å². The van der Waals surface area contributed by atoms with Crippen LogP contribution in [0.15, 0.2) is 33.7 Å². The highest BCUT2D eigenvalue weighted by molar-refractivity contribution is 9.09. The zero-order valence-electron chi connectivity index (χ0n) is 9.77. The second-order valence-electron chi connectivity index (χ2n) is 3.67. The Kier molecular flexibility index (Phi) is 4.77. The highest BCUT2D eigenvalue weighted by atomic mass is 79.9. The van der Waals surface area contributed by atoms with Crippen LogP contribution < -0.4 is 0 Å². The van der Waals surface area contributed by atoms with Crippen molar-refractivity contribution in [3.63, 3.8) is 0 Å². The minimum absolute atomic E-state index is 0.106. The third-order valence-electron chi connectivity index (χ3n) is 2.29. The van der Waals surface area contributed by atoms with Crippen LogP contribution in [0.4, 0.5) is 4.39 Å². The quantitative estimate of drug-likeness (QED) is 0.603. The van der Waals surface area contributed by atoms with E-state index in [0.717, 1.165) is 11.3 Å². The molecule has 0 fully saturated rings. The van der Waals surface area contributed by atoms with Gasteiger partial charge in [0.1, 0.15) is 5.82 Å². The Morgan fingerprint density at radius 1 is 1.39 bits per heavy atom. The second-order valence-corrected chi connectivity index (χ2v) is 5.82. The van der Waals surface area contributed by atoms with Crippen molar-refractivity contribution in [3.05, 3.63) is 41.8 Å². The fourth-order valence-corrected chi connectivity index (χ4v) is 2.23. The van der Waals surface area contributed by atoms with Crippen LogP contribution in [0.3, 0.4) is 0 Å². The molecule has 0 aliphatic carbocycles. The maximum Gasteiger partial charge on any atom is 0.240 e. The summed E-state index contributed by atoms with van der Waals surface area (Å²) in [5.74, 6) is 1.63. The van der Waals surface area contributed by atoms with Gasteiger partial charge in [-0.2, -0.15) is 4.98 Å². The Balaban J connectivity index is 1.94. The molecule has 1 unspecified atom stereocenters. The van der Waals surface area contributed by atoms with E-state index in [1.807, 2.05) is 6.92 Å². The number of thioether (sulfide) groups is 1. The minimum atomic E-state index is -0.230. The topological polar surface area (TPSA) is 38.9 Å². The fraction of sp³-hybridized carbons (Fsp3) is 0.333. The van der Waals surface area contributed by atoms with Gasteiger partial charge in [0.25, 0.3) is 0 Å². The summed E-state index contributed by atoms with van der Waals surface area (Å²) < 4.78 is 17.9. The molecule has 96 valence electrons. The molecule has 0 radical (unpaired) electrons. The molecule has 1 atom stereocenters. The molecule has 3 nitrogen and oxygen atoms in total. The summed E-state index contributed by atoms with van der Waals surface area (Å²) in [6.07, 6.45) is 0.896. The largest absolute Gasteiger partial charge is 0.338 e. The third-order valence-corrected chi connectivity index (χ3v) is 4.34. The van der Waals surface area contributed by atoms with Gasteiger partial charge in [0, 0.05) is 4.90 Å². The summed E-state index contributed by atoms with van der Waals surface area (Å²) in [5.41, 5.74) is 0. The van der Waals surface area contributed by atoms with Crippen molar-refractivity contribution >= 4 is 27.7 Å². The lowest BCUT2D eigenvalue weighted by atomic mass is 10.3. The molecular weight excluding hydrogens is 319 g/mol. The van der Waals surface area contributed by atoms with Crippen LogP contribution >= 0.6 is 27.7 Å². The Hall–Kier alpha value is -0.880. The zero-order chi connectivity index (χ0) is 13.0. The van der Waals surface area contributed by atoms with Gasteiger partial charge in [0.15, 0.2) is 5.82 Å². The highest BCUT2D eigenvalue weighted by Crippen LogP contribution is 2.26. The molecule has 2 rings (SSSR count). The molecule has 0 aliphatic heterocycles. The van der Waals surface area contributed by atoms with Crippen molar-refractivity contribution in [1.82, 2.24) is 10.1 Å². The van der Waals surface area contributed by atoms with Gasteiger partial charge in [-0.3, -0.25) is 0 Å². The molecule has 6 heteroatoms. The summed E-state index contributed by atoms with van der Waals surface area (Å²) in [6.45, 7) is 2.04. The number of alkyl halides is 1. The molecule has 0 N–H and O–H groups in total. The Morgan fingerprint density at radius 2 is 2.11 bits per heavy atom. The summed E-state index contributed by atoms with van der Waals surface area (Å²) in [6, 6.07) is 6.35. The van der Waals surface area contributed by atoms with E-state index in [1.54, 1.807) is 23.9 Å². The van der Waals surface area contributed by atoms with Crippen LogP contribution in [0, 0.1) is 5.82 Å². The van der Waals surface area contributed by atoms with E-state index in [2.05, 4.69) is 26.1 Å². The monoisotopic (exact) mass is 330 g/mol. The number of nitrogens with zero attached hydrogens (tertiary/aromatic N) is 2. The smallest absolute Gasteiger partial charge is 0.240 e. The molecule has 0 spiro atoms. The first kappa shape index (κ1) is 13.5. The van der Waals surface area contributed by atoms with E-state index < -0.39 is 0 Å². The zero-order valence-corrected chi connectivity index (χ0v) is 12.2. The van der Waals surface area contributed by atoms with Gasteiger partial charge in [-0.25, -0.2) is 4.39 Å². The molecule has 1 heterocycles. The first-order valence-corrected chi connectivity index (χ1v) is 7.44. The van der Waals surface area contributed by atoms with Crippen LogP contribution in [-0.2, 0) is 5.75 Å². The SMILES string of the molecule is CCC(Br)c1nc(CSc2ccc(F)cc2)no1. The lowest BCUT2D eigenvalue weighted by Crippen LogP contribution is -1.89. The highest BCUT2D eigenvalue weighted by Gasteiger charge is 2.13. The summed E-state index contributed by atoms with van der Waals surface area (Å²) in [7, 11) is 0. The van der Waals surface area contributed by atoms with Gasteiger partial charge >= 0.3 is 0 Å². The van der Waals surface area contributed by atoms with Crippen molar-refractivity contribution in [2.75, 3.05) is 0 Å². The lowest BCUT2D eigenvalue weighted by molar-refractivity contribution is 0.372. The molecular formula is C12H12BrFN2OS. The van der Waals surface area contributed by atoms with Crippen LogP contribution in [0.1, 0.15) is 29.9 Å². The molecule has 1 aromatic heterocycles. The van der Waals surface area contributed by atoms with E-state index in [1.165, 1.54) is 12.1 Å². The average Bonchev–Trinajstić information content (AvgIpc) is 2.86. The molecule has 0 saturated heterocycles. The molecule has 0 saturated carbocycles. The fourth-order valence-electron chi connectivity index (χ4n) is 1.31. The van der Waals surface area contributed by atoms with E-state index in [4.69, 9.17) is 4.52 Å². The average molecular weight is 331 g/mol. The first-order chi connectivity index (χ1) is 8.69. The van der Waals surface area contributed by atoms with E-state index in [9.17, 15) is 4.39 Å². The van der Waals surface area contributed by atoms with Crippen LogP contribution in [0.5, 0.6) is 0 Å². The number of hydrogen-bond acceptors (Lipinski definition) is 4. The van der Waals surface area contributed by atoms with Gasteiger partial charge in [-0.15, -0.1) is 11.8 Å². The molecule has 2 aromatic rings. The Bertz CT molecular complexity index is 503. The summed E-state index contributed by atoms with van der Waals surface area (Å²) in [4.78, 5) is 5.38. The van der Waals surface area contributed by atoms with Gasteiger partial charge in [-0.1, -0.05) is 28.0 Å². The van der Waals surface area contributed by atoms with E-state index in [0.29, 0.717) is 17.5 Å². The van der Waals surface area contributed by atoms with Gasteiger partial charge in [-0.05, 0) is 30.7 Å². The number of halogens is 2. The third kappa shape index (κ3) is 3.55. The molecule has 18 heavy (non-hydrogen) atoms. The predicted octanol–water partition coefficient (Wildman–Crippen LogP) is 4.35. The molecule has 0 aliphatic rings. The van der Waals surface area contributed by atoms with Crippen LogP contribution in [-0.4, -0.2) is 10.1 Å². The summed E-state index contributed by atoms with van der Waals surface area (Å²) >= 11 is 5.01. The lowest BCUT2D eigenvalue weighted by Gasteiger charge is -1.98. The van der Waals surface area contributed by atoms with E-state index in [-0.39, 0.29) is 10.6 Å². The van der Waals surface area contributed by atoms with Gasteiger partial charge in [0.05, 0.1) is 10.6 Å². The summed E-state index contributed by atoms with van der Waals surface area (Å²) in [5, 5.41) is 3.91. The van der Waals surface area contributed by atoms with Crippen molar-refractivity contribution < 1.29 is 8.91 Å². The molecule has 1 aromatic carbocycles. The predicted molar refractivity (Wildman–Crippen MR) is 72.2 cm³/mol. The maximum absolute atomic E-state index is 12.7. The van der Waals surface area contributed by atoms with Gasteiger partial charge < -0.3 is 4.52 Å². The van der Waals surface area contributed by atoms with Gasteiger partial charge in [0.2, 0.25) is 5.89 Å². The second kappa shape index (κ2) is 6.33. The normalized spacial score (nSPS) is 12.6. The van der Waals surface area contributed by atoms with Crippen LogP contribution in [0.25, 0.3) is 0 Å². The maximum atomic E-state index is 12.7. The van der Waals surface area contributed by atoms with Crippen molar-refractivity contribution in [2.45, 2.75) is 28.8 Å². The number of benzene rings is 1. The Morgan fingerprint density at radius 3 is 2.78 bits per heavy atom.